The molecule has 2 atom stereocenters. The molecular formula is C20H20Cl2N2. The number of hydrogen-bond acceptors (Lipinski definition) is 2. The first-order valence-electron chi connectivity index (χ1n) is 8.33. The Hall–Kier alpha value is -1.35. The molecular weight excluding hydrogens is 339 g/mol. The van der Waals surface area contributed by atoms with Crippen molar-refractivity contribution in [1.29, 1.82) is 0 Å². The minimum atomic E-state index is -0.0563. The van der Waals surface area contributed by atoms with Gasteiger partial charge in [0, 0.05) is 40.2 Å². The summed E-state index contributed by atoms with van der Waals surface area (Å²) in [7, 11) is 0. The van der Waals surface area contributed by atoms with Crippen molar-refractivity contribution < 1.29 is 0 Å². The van der Waals surface area contributed by atoms with Gasteiger partial charge in [-0.05, 0) is 59.4 Å². The molecule has 0 saturated carbocycles. The topological polar surface area (TPSA) is 38.4 Å². The molecule has 1 heterocycles. The lowest BCUT2D eigenvalue weighted by Gasteiger charge is -2.24. The van der Waals surface area contributed by atoms with Crippen LogP contribution in [0.4, 0.5) is 0 Å². The van der Waals surface area contributed by atoms with Gasteiger partial charge in [-0.1, -0.05) is 42.3 Å². The Balaban J connectivity index is 1.62. The number of nitrogens with zero attached hydrogens (tertiary/aromatic N) is 1. The number of aliphatic imine (C=N–C) groups is 1. The fourth-order valence-corrected chi connectivity index (χ4v) is 4.40. The van der Waals surface area contributed by atoms with Gasteiger partial charge in [0.25, 0.3) is 0 Å². The van der Waals surface area contributed by atoms with Gasteiger partial charge in [0.05, 0.1) is 0 Å². The Morgan fingerprint density at radius 1 is 1.12 bits per heavy atom. The summed E-state index contributed by atoms with van der Waals surface area (Å²) in [5, 5.41) is 1.36. The van der Waals surface area contributed by atoms with Crippen LogP contribution in [-0.2, 0) is 11.8 Å². The minimum absolute atomic E-state index is 0.0563. The molecule has 1 aliphatic carbocycles. The standard InChI is InChI=1S/C20H20Cl2N2/c1-20(14-7-15(21)9-16(22)8-14)10-19(24-11-20)13-2-4-17-12(6-13)3-5-18(17)23/h2,4,6-9,18H,3,5,10-11,23H2,1H3. The maximum absolute atomic E-state index is 6.19. The van der Waals surface area contributed by atoms with Crippen molar-refractivity contribution >= 4 is 28.9 Å². The molecule has 0 bridgehead atoms. The van der Waals surface area contributed by atoms with Crippen LogP contribution < -0.4 is 5.73 Å². The smallest absolute Gasteiger partial charge is 0.0490 e. The predicted molar refractivity (Wildman–Crippen MR) is 102 cm³/mol. The van der Waals surface area contributed by atoms with Gasteiger partial charge < -0.3 is 5.73 Å². The van der Waals surface area contributed by atoms with Crippen LogP contribution in [0.15, 0.2) is 41.4 Å². The van der Waals surface area contributed by atoms with Gasteiger partial charge in [0.15, 0.2) is 0 Å². The van der Waals surface area contributed by atoms with Crippen LogP contribution >= 0.6 is 23.2 Å². The van der Waals surface area contributed by atoms with Crippen LogP contribution in [0.5, 0.6) is 0 Å². The maximum Gasteiger partial charge on any atom is 0.0490 e. The zero-order valence-corrected chi connectivity index (χ0v) is 15.2. The molecule has 0 saturated heterocycles. The highest BCUT2D eigenvalue weighted by molar-refractivity contribution is 6.34. The summed E-state index contributed by atoms with van der Waals surface area (Å²) in [6.45, 7) is 2.99. The summed E-state index contributed by atoms with van der Waals surface area (Å²) >= 11 is 12.4. The summed E-state index contributed by atoms with van der Waals surface area (Å²) in [5.74, 6) is 0. The number of nitrogens with two attached hydrogens (primary N) is 1. The zero-order chi connectivity index (χ0) is 16.9. The Morgan fingerprint density at radius 3 is 2.62 bits per heavy atom. The van der Waals surface area contributed by atoms with Crippen molar-refractivity contribution in [3.63, 3.8) is 0 Å². The molecule has 0 radical (unpaired) electrons. The third-order valence-electron chi connectivity index (χ3n) is 5.34. The Bertz CT molecular complexity index is 823. The lowest BCUT2D eigenvalue weighted by molar-refractivity contribution is 0.536. The molecule has 2 aromatic carbocycles. The minimum Gasteiger partial charge on any atom is -0.324 e. The predicted octanol–water partition coefficient (Wildman–Crippen LogP) is 5.09. The third-order valence-corrected chi connectivity index (χ3v) is 5.77. The van der Waals surface area contributed by atoms with Crippen molar-refractivity contribution in [2.45, 2.75) is 37.6 Å². The molecule has 1 aliphatic heterocycles. The van der Waals surface area contributed by atoms with E-state index >= 15 is 0 Å². The monoisotopic (exact) mass is 358 g/mol. The average molecular weight is 359 g/mol. The van der Waals surface area contributed by atoms with Crippen LogP contribution in [0.2, 0.25) is 10.0 Å². The van der Waals surface area contributed by atoms with E-state index < -0.39 is 0 Å². The molecule has 0 amide bonds. The van der Waals surface area contributed by atoms with Gasteiger partial charge in [0.1, 0.15) is 0 Å². The SMILES string of the molecule is CC1(c2cc(Cl)cc(Cl)c2)CN=C(c2ccc3c(c2)CCC3N)C1. The lowest BCUT2D eigenvalue weighted by atomic mass is 9.79. The highest BCUT2D eigenvalue weighted by Gasteiger charge is 2.34. The van der Waals surface area contributed by atoms with Gasteiger partial charge >= 0.3 is 0 Å². The number of benzene rings is 2. The molecule has 0 fully saturated rings. The van der Waals surface area contributed by atoms with E-state index in [0.717, 1.165) is 37.1 Å². The van der Waals surface area contributed by atoms with Crippen LogP contribution in [-0.4, -0.2) is 12.3 Å². The van der Waals surface area contributed by atoms with Crippen LogP contribution in [0.3, 0.4) is 0 Å². The Morgan fingerprint density at radius 2 is 1.88 bits per heavy atom. The second kappa shape index (κ2) is 5.87. The van der Waals surface area contributed by atoms with E-state index in [4.69, 9.17) is 33.9 Å². The van der Waals surface area contributed by atoms with Gasteiger partial charge in [-0.15, -0.1) is 0 Å². The average Bonchev–Trinajstić information content (AvgIpc) is 3.11. The van der Waals surface area contributed by atoms with Gasteiger partial charge in [-0.2, -0.15) is 0 Å². The molecule has 0 aromatic heterocycles. The van der Waals surface area contributed by atoms with Crippen LogP contribution in [0.1, 0.15) is 48.1 Å². The van der Waals surface area contributed by atoms with Crippen molar-refractivity contribution in [2.24, 2.45) is 10.7 Å². The molecule has 4 heteroatoms. The van der Waals surface area contributed by atoms with E-state index in [2.05, 4.69) is 25.1 Å². The van der Waals surface area contributed by atoms with E-state index in [1.165, 1.54) is 16.7 Å². The normalized spacial score (nSPS) is 25.7. The van der Waals surface area contributed by atoms with Gasteiger partial charge in [-0.3, -0.25) is 4.99 Å². The molecule has 2 unspecified atom stereocenters. The highest BCUT2D eigenvalue weighted by atomic mass is 35.5. The molecule has 2 nitrogen and oxygen atoms in total. The number of fused-ring (bicyclic) bond motifs is 1. The first-order valence-corrected chi connectivity index (χ1v) is 9.09. The van der Waals surface area contributed by atoms with Crippen molar-refractivity contribution in [3.05, 3.63) is 68.7 Å². The van der Waals surface area contributed by atoms with Crippen LogP contribution in [0.25, 0.3) is 0 Å². The maximum atomic E-state index is 6.19. The number of halogens is 2. The quantitative estimate of drug-likeness (QED) is 0.797. The van der Waals surface area contributed by atoms with E-state index in [1.807, 2.05) is 12.1 Å². The van der Waals surface area contributed by atoms with Gasteiger partial charge in [0.2, 0.25) is 0 Å². The molecule has 24 heavy (non-hydrogen) atoms. The van der Waals surface area contributed by atoms with Crippen molar-refractivity contribution in [2.75, 3.05) is 6.54 Å². The highest BCUT2D eigenvalue weighted by Crippen LogP contribution is 2.38. The fraction of sp³-hybridized carbons (Fsp3) is 0.350. The zero-order valence-electron chi connectivity index (χ0n) is 13.7. The van der Waals surface area contributed by atoms with E-state index in [0.29, 0.717) is 10.0 Å². The fourth-order valence-electron chi connectivity index (χ4n) is 3.87. The second-order valence-corrected chi connectivity index (χ2v) is 8.09. The second-order valence-electron chi connectivity index (χ2n) is 7.22. The van der Waals surface area contributed by atoms with Crippen molar-refractivity contribution in [1.82, 2.24) is 0 Å². The summed E-state index contributed by atoms with van der Waals surface area (Å²) < 4.78 is 0. The summed E-state index contributed by atoms with van der Waals surface area (Å²) in [6.07, 6.45) is 3.01. The largest absolute Gasteiger partial charge is 0.324 e. The van der Waals surface area contributed by atoms with E-state index in [9.17, 15) is 0 Å². The molecule has 124 valence electrons. The first-order chi connectivity index (χ1) is 11.4. The number of aryl methyl sites for hydroxylation is 1. The first kappa shape index (κ1) is 16.1. The number of rotatable bonds is 2. The summed E-state index contributed by atoms with van der Waals surface area (Å²) in [4.78, 5) is 4.84. The summed E-state index contributed by atoms with van der Waals surface area (Å²) in [6, 6.07) is 12.6. The molecule has 0 spiro atoms. The Labute approximate surface area is 152 Å². The number of hydrogen-bond donors (Lipinski definition) is 1. The van der Waals surface area contributed by atoms with Crippen molar-refractivity contribution in [3.8, 4) is 0 Å². The molecule has 2 aliphatic rings. The van der Waals surface area contributed by atoms with Gasteiger partial charge in [-0.25, -0.2) is 0 Å². The van der Waals surface area contributed by atoms with Crippen LogP contribution in [0, 0.1) is 0 Å². The third kappa shape index (κ3) is 2.77. The van der Waals surface area contributed by atoms with E-state index in [-0.39, 0.29) is 11.5 Å². The molecule has 2 aromatic rings. The Kier molecular flexibility index (Phi) is 3.95. The van der Waals surface area contributed by atoms with E-state index in [1.54, 1.807) is 6.07 Å². The molecule has 4 rings (SSSR count). The summed E-state index contributed by atoms with van der Waals surface area (Å²) in [5.41, 5.74) is 12.3. The lowest BCUT2D eigenvalue weighted by Crippen LogP contribution is -2.23. The molecule has 2 N–H and O–H groups in total.